The van der Waals surface area contributed by atoms with Crippen LogP contribution in [0.25, 0.3) is 0 Å². The molecule has 1 aliphatic rings. The summed E-state index contributed by atoms with van der Waals surface area (Å²) in [7, 11) is 0.242. The van der Waals surface area contributed by atoms with E-state index in [0.29, 0.717) is 36.2 Å². The van der Waals surface area contributed by atoms with Crippen molar-refractivity contribution in [2.45, 2.75) is 23.8 Å². The first-order valence-corrected chi connectivity index (χ1v) is 13.4. The third-order valence-corrected chi connectivity index (χ3v) is 8.13. The van der Waals surface area contributed by atoms with Gasteiger partial charge in [-0.25, -0.2) is 17.8 Å². The lowest BCUT2D eigenvalue weighted by Crippen LogP contribution is -2.48. The van der Waals surface area contributed by atoms with Crippen LogP contribution >= 0.6 is 12.4 Å². The smallest absolute Gasteiger partial charge is 0.243 e. The molecule has 9 nitrogen and oxygen atoms in total. The van der Waals surface area contributed by atoms with Gasteiger partial charge >= 0.3 is 0 Å². The first-order valence-electron chi connectivity index (χ1n) is 11.9. The zero-order valence-electron chi connectivity index (χ0n) is 20.9. The Morgan fingerprint density at radius 2 is 1.62 bits per heavy atom. The standard InChI is InChI=1S/C25H32FN7O2S.ClH/c1-27-15-18-33(22-12-16-32(2)17-13-22)36(34,35)23-9-7-21(8-10-23)30-25-28-14-11-24(31-25)29-20-5-3-19(26)4-6-20;/h3-11,14,22,27H,12-13,15-18H2,1-2H3,(H2,28,29,30,31);1H. The number of sulfonamides is 1. The average Bonchev–Trinajstić information content (AvgIpc) is 2.87. The van der Waals surface area contributed by atoms with Crippen molar-refractivity contribution in [1.29, 1.82) is 0 Å². The molecule has 4 rings (SSSR count). The van der Waals surface area contributed by atoms with Gasteiger partial charge in [0.05, 0.1) is 4.90 Å². The first-order chi connectivity index (χ1) is 17.3. The molecule has 1 fully saturated rings. The largest absolute Gasteiger partial charge is 0.340 e. The van der Waals surface area contributed by atoms with Crippen molar-refractivity contribution >= 4 is 45.6 Å². The molecule has 0 bridgehead atoms. The molecule has 0 atom stereocenters. The summed E-state index contributed by atoms with van der Waals surface area (Å²) in [6.45, 7) is 2.78. The molecule has 37 heavy (non-hydrogen) atoms. The SMILES string of the molecule is CNCCN(C1CCN(C)CC1)S(=O)(=O)c1ccc(Nc2nccc(Nc3ccc(F)cc3)n2)cc1.Cl. The molecule has 12 heteroatoms. The summed E-state index contributed by atoms with van der Waals surface area (Å²) in [5.41, 5.74) is 1.36. The molecule has 1 saturated heterocycles. The molecular weight excluding hydrogens is 517 g/mol. The highest BCUT2D eigenvalue weighted by Crippen LogP contribution is 2.25. The Morgan fingerprint density at radius 3 is 2.27 bits per heavy atom. The highest BCUT2D eigenvalue weighted by molar-refractivity contribution is 7.89. The maximum absolute atomic E-state index is 13.5. The van der Waals surface area contributed by atoms with Crippen LogP contribution in [0.4, 0.5) is 27.5 Å². The molecule has 3 aromatic rings. The second-order valence-electron chi connectivity index (χ2n) is 8.80. The lowest BCUT2D eigenvalue weighted by atomic mass is 10.1. The van der Waals surface area contributed by atoms with Crippen molar-refractivity contribution in [2.75, 3.05) is 50.9 Å². The predicted octanol–water partition coefficient (Wildman–Crippen LogP) is 3.83. The zero-order valence-corrected chi connectivity index (χ0v) is 22.5. The zero-order chi connectivity index (χ0) is 25.5. The van der Waals surface area contributed by atoms with Crippen LogP contribution < -0.4 is 16.0 Å². The molecule has 3 N–H and O–H groups in total. The number of rotatable bonds is 10. The fourth-order valence-electron chi connectivity index (χ4n) is 4.15. The molecule has 0 aliphatic carbocycles. The van der Waals surface area contributed by atoms with E-state index < -0.39 is 10.0 Å². The Hall–Kier alpha value is -2.83. The second-order valence-corrected chi connectivity index (χ2v) is 10.7. The predicted molar refractivity (Wildman–Crippen MR) is 147 cm³/mol. The molecule has 0 saturated carbocycles. The van der Waals surface area contributed by atoms with E-state index in [1.165, 1.54) is 12.1 Å². The molecule has 2 heterocycles. The van der Waals surface area contributed by atoms with Gasteiger partial charge in [-0.2, -0.15) is 9.29 Å². The number of hydrogen-bond acceptors (Lipinski definition) is 8. The van der Waals surface area contributed by atoms with Crippen molar-refractivity contribution < 1.29 is 12.8 Å². The van der Waals surface area contributed by atoms with Gasteiger partial charge in [0.2, 0.25) is 16.0 Å². The van der Waals surface area contributed by atoms with E-state index in [-0.39, 0.29) is 29.2 Å². The minimum Gasteiger partial charge on any atom is -0.340 e. The lowest BCUT2D eigenvalue weighted by Gasteiger charge is -2.36. The van der Waals surface area contributed by atoms with Crippen molar-refractivity contribution in [3.63, 3.8) is 0 Å². The van der Waals surface area contributed by atoms with Crippen LogP contribution in [-0.2, 0) is 10.0 Å². The number of halogens is 2. The van der Waals surface area contributed by atoms with Crippen LogP contribution in [0.2, 0.25) is 0 Å². The fourth-order valence-corrected chi connectivity index (χ4v) is 5.83. The molecule has 1 aliphatic heterocycles. The van der Waals surface area contributed by atoms with Crippen LogP contribution in [0.3, 0.4) is 0 Å². The summed E-state index contributed by atoms with van der Waals surface area (Å²) in [4.78, 5) is 11.1. The van der Waals surface area contributed by atoms with Gasteiger partial charge in [-0.05, 0) is 94.6 Å². The van der Waals surface area contributed by atoms with Gasteiger partial charge in [0.15, 0.2) is 0 Å². The van der Waals surface area contributed by atoms with E-state index in [1.54, 1.807) is 53.0 Å². The van der Waals surface area contributed by atoms with Crippen LogP contribution in [0.15, 0.2) is 65.7 Å². The number of piperidine rings is 1. The topological polar surface area (TPSA) is 102 Å². The van der Waals surface area contributed by atoms with E-state index in [9.17, 15) is 12.8 Å². The molecule has 0 amide bonds. The maximum Gasteiger partial charge on any atom is 0.243 e. The number of nitrogens with zero attached hydrogens (tertiary/aromatic N) is 4. The minimum atomic E-state index is -3.65. The summed E-state index contributed by atoms with van der Waals surface area (Å²) in [5.74, 6) is 0.573. The molecule has 0 radical (unpaired) electrons. The van der Waals surface area contributed by atoms with Crippen LogP contribution in [0, 0.1) is 5.82 Å². The van der Waals surface area contributed by atoms with Gasteiger partial charge in [0, 0.05) is 36.7 Å². The van der Waals surface area contributed by atoms with Crippen molar-refractivity contribution in [1.82, 2.24) is 24.5 Å². The Bertz CT molecular complexity index is 1240. The summed E-state index contributed by atoms with van der Waals surface area (Å²) >= 11 is 0. The van der Waals surface area contributed by atoms with Gasteiger partial charge in [0.25, 0.3) is 0 Å². The normalized spacial score (nSPS) is 14.8. The van der Waals surface area contributed by atoms with E-state index >= 15 is 0 Å². The lowest BCUT2D eigenvalue weighted by molar-refractivity contribution is 0.183. The molecule has 200 valence electrons. The highest BCUT2D eigenvalue weighted by Gasteiger charge is 2.32. The van der Waals surface area contributed by atoms with E-state index in [1.807, 2.05) is 7.05 Å². The fraction of sp³-hybridized carbons (Fsp3) is 0.360. The monoisotopic (exact) mass is 549 g/mol. The third-order valence-electron chi connectivity index (χ3n) is 6.17. The van der Waals surface area contributed by atoms with Gasteiger partial charge in [-0.3, -0.25) is 0 Å². The van der Waals surface area contributed by atoms with Crippen molar-refractivity contribution in [3.05, 3.63) is 66.6 Å². The summed E-state index contributed by atoms with van der Waals surface area (Å²) < 4.78 is 41.9. The maximum atomic E-state index is 13.5. The molecular formula is C25H33ClFN7O2S. The Balaban J connectivity index is 0.00000380. The Morgan fingerprint density at radius 1 is 1.00 bits per heavy atom. The molecule has 0 spiro atoms. The third kappa shape index (κ3) is 7.59. The second kappa shape index (κ2) is 13.1. The first kappa shape index (κ1) is 28.7. The Labute approximate surface area is 224 Å². The van der Waals surface area contributed by atoms with E-state index in [0.717, 1.165) is 25.9 Å². The van der Waals surface area contributed by atoms with Crippen molar-refractivity contribution in [2.24, 2.45) is 0 Å². The van der Waals surface area contributed by atoms with Crippen molar-refractivity contribution in [3.8, 4) is 0 Å². The minimum absolute atomic E-state index is 0. The van der Waals surface area contributed by atoms with Gasteiger partial charge in [0.1, 0.15) is 11.6 Å². The van der Waals surface area contributed by atoms with Gasteiger partial charge in [-0.15, -0.1) is 12.4 Å². The number of hydrogen-bond donors (Lipinski definition) is 3. The summed E-state index contributed by atoms with van der Waals surface area (Å²) in [6.07, 6.45) is 3.23. The summed E-state index contributed by atoms with van der Waals surface area (Å²) in [5, 5.41) is 9.27. The molecule has 1 aromatic heterocycles. The Kier molecular flexibility index (Phi) is 10.2. The van der Waals surface area contributed by atoms with E-state index in [2.05, 4.69) is 37.9 Å². The average molecular weight is 550 g/mol. The van der Waals surface area contributed by atoms with Gasteiger partial charge in [-0.1, -0.05) is 0 Å². The van der Waals surface area contributed by atoms with Crippen LogP contribution in [-0.4, -0.2) is 73.9 Å². The number of nitrogens with one attached hydrogen (secondary N) is 3. The quantitative estimate of drug-likeness (QED) is 0.351. The number of aromatic nitrogens is 2. The number of benzene rings is 2. The molecule has 0 unspecified atom stereocenters. The van der Waals surface area contributed by atoms with Gasteiger partial charge < -0.3 is 20.9 Å². The number of anilines is 4. The van der Waals surface area contributed by atoms with Crippen LogP contribution in [0.1, 0.15) is 12.8 Å². The number of likely N-dealkylation sites (N-methyl/N-ethyl adjacent to an activating group) is 1. The summed E-state index contributed by atoms with van der Waals surface area (Å²) in [6, 6.07) is 14.3. The van der Waals surface area contributed by atoms with E-state index in [4.69, 9.17) is 0 Å². The highest BCUT2D eigenvalue weighted by atomic mass is 35.5. The van der Waals surface area contributed by atoms with Crippen LogP contribution in [0.5, 0.6) is 0 Å². The number of likely N-dealkylation sites (tertiary alicyclic amines) is 1. The molecule has 2 aromatic carbocycles.